The zero-order valence-corrected chi connectivity index (χ0v) is 14.7. The Morgan fingerprint density at radius 3 is 2.64 bits per heavy atom. The van der Waals surface area contributed by atoms with Crippen LogP contribution in [0.3, 0.4) is 0 Å². The highest BCUT2D eigenvalue weighted by molar-refractivity contribution is 5.81. The first-order chi connectivity index (χ1) is 12.0. The van der Waals surface area contributed by atoms with E-state index in [9.17, 15) is 9.59 Å². The minimum Gasteiger partial charge on any atom is -0.348 e. The molecule has 0 saturated heterocycles. The first kappa shape index (κ1) is 17.0. The number of aryl methyl sites for hydroxylation is 2. The van der Waals surface area contributed by atoms with Crippen molar-refractivity contribution in [2.24, 2.45) is 0 Å². The van der Waals surface area contributed by atoms with Crippen LogP contribution in [0, 0.1) is 6.92 Å². The fraction of sp³-hybridized carbons (Fsp3) is 0.316. The number of hydrogen-bond donors (Lipinski definition) is 1. The Labute approximate surface area is 146 Å². The summed E-state index contributed by atoms with van der Waals surface area (Å²) in [7, 11) is 0. The summed E-state index contributed by atoms with van der Waals surface area (Å²) < 4.78 is 3.12. The third kappa shape index (κ3) is 3.33. The van der Waals surface area contributed by atoms with Gasteiger partial charge in [-0.25, -0.2) is 0 Å². The molecule has 2 aromatic heterocycles. The molecule has 6 heteroatoms. The summed E-state index contributed by atoms with van der Waals surface area (Å²) in [5, 5.41) is 8.15. The van der Waals surface area contributed by atoms with Gasteiger partial charge in [-0.15, -0.1) is 0 Å². The van der Waals surface area contributed by atoms with Crippen LogP contribution in [0.1, 0.15) is 31.1 Å². The summed E-state index contributed by atoms with van der Waals surface area (Å²) >= 11 is 0. The molecule has 0 radical (unpaired) electrons. The predicted molar refractivity (Wildman–Crippen MR) is 97.4 cm³/mol. The van der Waals surface area contributed by atoms with Gasteiger partial charge in [-0.3, -0.25) is 14.3 Å². The van der Waals surface area contributed by atoms with Crippen LogP contribution in [0.15, 0.2) is 47.4 Å². The molecule has 0 aliphatic rings. The number of hydrogen-bond acceptors (Lipinski definition) is 3. The van der Waals surface area contributed by atoms with E-state index in [1.54, 1.807) is 10.9 Å². The lowest BCUT2D eigenvalue weighted by Crippen LogP contribution is -2.34. The number of rotatable bonds is 5. The highest BCUT2D eigenvalue weighted by Gasteiger charge is 2.15. The van der Waals surface area contributed by atoms with Gasteiger partial charge in [0.05, 0.1) is 11.7 Å². The monoisotopic (exact) mass is 338 g/mol. The molecule has 2 heterocycles. The molecule has 0 saturated carbocycles. The summed E-state index contributed by atoms with van der Waals surface area (Å²) in [6.45, 7) is 6.35. The number of pyridine rings is 1. The van der Waals surface area contributed by atoms with Crippen LogP contribution >= 0.6 is 0 Å². The Balaban J connectivity index is 1.82. The molecule has 0 fully saturated rings. The molecule has 0 aliphatic heterocycles. The first-order valence-electron chi connectivity index (χ1n) is 8.42. The molecule has 3 rings (SSSR count). The molecular formula is C19H22N4O2. The molecule has 1 aromatic carbocycles. The van der Waals surface area contributed by atoms with Gasteiger partial charge in [0, 0.05) is 18.1 Å². The summed E-state index contributed by atoms with van der Waals surface area (Å²) in [5.74, 6) is -0.197. The van der Waals surface area contributed by atoms with Crippen molar-refractivity contribution >= 4 is 16.8 Å². The standard InChI is InChI=1S/C19H22N4O2/c1-4-23-18-16(14(3)21-23)10-11-22(19(18)25)12-17(24)20-13(2)15-8-6-5-7-9-15/h5-11,13H,4,12H2,1-3H3,(H,20,24). The molecule has 3 aromatic rings. The average Bonchev–Trinajstić information content (AvgIpc) is 2.94. The van der Waals surface area contributed by atoms with Crippen LogP contribution < -0.4 is 10.9 Å². The maximum absolute atomic E-state index is 12.7. The van der Waals surface area contributed by atoms with Gasteiger partial charge in [0.25, 0.3) is 5.56 Å². The SMILES string of the molecule is CCn1nc(C)c2ccn(CC(=O)NC(C)c3ccccc3)c(=O)c21. The van der Waals surface area contributed by atoms with Crippen molar-refractivity contribution < 1.29 is 4.79 Å². The second-order valence-electron chi connectivity index (χ2n) is 6.11. The minimum atomic E-state index is -0.197. The Morgan fingerprint density at radius 2 is 1.96 bits per heavy atom. The molecule has 1 atom stereocenters. The zero-order chi connectivity index (χ0) is 18.0. The quantitative estimate of drug-likeness (QED) is 0.777. The summed E-state index contributed by atoms with van der Waals surface area (Å²) in [6.07, 6.45) is 1.66. The van der Waals surface area contributed by atoms with Gasteiger partial charge in [-0.2, -0.15) is 5.10 Å². The Hall–Kier alpha value is -2.89. The van der Waals surface area contributed by atoms with Crippen molar-refractivity contribution in [3.8, 4) is 0 Å². The minimum absolute atomic E-state index is 0.0140. The Morgan fingerprint density at radius 1 is 1.24 bits per heavy atom. The smallest absolute Gasteiger partial charge is 0.277 e. The van der Waals surface area contributed by atoms with Crippen molar-refractivity contribution in [2.45, 2.75) is 39.9 Å². The zero-order valence-electron chi connectivity index (χ0n) is 14.7. The van der Waals surface area contributed by atoms with Crippen LogP contribution in [-0.4, -0.2) is 20.3 Å². The molecule has 25 heavy (non-hydrogen) atoms. The van der Waals surface area contributed by atoms with Gasteiger partial charge in [0.2, 0.25) is 5.91 Å². The lowest BCUT2D eigenvalue weighted by molar-refractivity contribution is -0.122. The second-order valence-corrected chi connectivity index (χ2v) is 6.11. The van der Waals surface area contributed by atoms with Gasteiger partial charge in [-0.1, -0.05) is 30.3 Å². The number of carbonyl (C=O) groups excluding carboxylic acids is 1. The van der Waals surface area contributed by atoms with Crippen LogP contribution in [0.5, 0.6) is 0 Å². The second kappa shape index (κ2) is 6.93. The molecule has 0 bridgehead atoms. The Bertz CT molecular complexity index is 957. The van der Waals surface area contributed by atoms with Crippen molar-refractivity contribution in [3.63, 3.8) is 0 Å². The number of carbonyl (C=O) groups is 1. The summed E-state index contributed by atoms with van der Waals surface area (Å²) in [5.41, 5.74) is 2.20. The first-order valence-corrected chi connectivity index (χ1v) is 8.42. The molecule has 1 N–H and O–H groups in total. The third-order valence-corrected chi connectivity index (χ3v) is 4.35. The van der Waals surface area contributed by atoms with E-state index >= 15 is 0 Å². The molecule has 6 nitrogen and oxygen atoms in total. The van der Waals surface area contributed by atoms with E-state index in [4.69, 9.17) is 0 Å². The molecule has 130 valence electrons. The molecule has 1 amide bonds. The van der Waals surface area contributed by atoms with Crippen molar-refractivity contribution in [1.82, 2.24) is 19.7 Å². The molecule has 0 spiro atoms. The Kier molecular flexibility index (Phi) is 4.70. The summed E-state index contributed by atoms with van der Waals surface area (Å²) in [4.78, 5) is 25.1. The number of nitrogens with zero attached hydrogens (tertiary/aromatic N) is 3. The molecule has 0 aliphatic carbocycles. The predicted octanol–water partition coefficient (Wildman–Crippen LogP) is 2.40. The van der Waals surface area contributed by atoms with Gasteiger partial charge < -0.3 is 9.88 Å². The van der Waals surface area contributed by atoms with Crippen LogP contribution in [0.25, 0.3) is 10.9 Å². The molecule has 1 unspecified atom stereocenters. The van der Waals surface area contributed by atoms with Crippen LogP contribution in [-0.2, 0) is 17.9 Å². The average molecular weight is 338 g/mol. The normalized spacial score (nSPS) is 12.3. The lowest BCUT2D eigenvalue weighted by Gasteiger charge is -2.15. The summed E-state index contributed by atoms with van der Waals surface area (Å²) in [6, 6.07) is 11.5. The van der Waals surface area contributed by atoms with E-state index < -0.39 is 0 Å². The fourth-order valence-corrected chi connectivity index (χ4v) is 3.01. The topological polar surface area (TPSA) is 68.9 Å². The van der Waals surface area contributed by atoms with Gasteiger partial charge in [-0.05, 0) is 32.4 Å². The largest absolute Gasteiger partial charge is 0.348 e. The van der Waals surface area contributed by atoms with Crippen molar-refractivity contribution in [3.05, 3.63) is 64.2 Å². The number of amides is 1. The van der Waals surface area contributed by atoms with Gasteiger partial charge >= 0.3 is 0 Å². The molecular weight excluding hydrogens is 316 g/mol. The van der Waals surface area contributed by atoms with Gasteiger partial charge in [0.15, 0.2) is 0 Å². The number of nitrogens with one attached hydrogen (secondary N) is 1. The van der Waals surface area contributed by atoms with Crippen LogP contribution in [0.2, 0.25) is 0 Å². The van der Waals surface area contributed by atoms with E-state index in [0.717, 1.165) is 16.6 Å². The number of fused-ring (bicyclic) bond motifs is 1. The van der Waals surface area contributed by atoms with E-state index in [1.165, 1.54) is 4.57 Å². The van der Waals surface area contributed by atoms with E-state index in [-0.39, 0.29) is 24.1 Å². The number of benzene rings is 1. The third-order valence-electron chi connectivity index (χ3n) is 4.35. The number of aromatic nitrogens is 3. The maximum Gasteiger partial charge on any atom is 0.277 e. The van der Waals surface area contributed by atoms with Gasteiger partial charge in [0.1, 0.15) is 12.1 Å². The maximum atomic E-state index is 12.7. The van der Waals surface area contributed by atoms with E-state index in [0.29, 0.717) is 12.1 Å². The van der Waals surface area contributed by atoms with E-state index in [2.05, 4.69) is 10.4 Å². The van der Waals surface area contributed by atoms with Crippen molar-refractivity contribution in [2.75, 3.05) is 0 Å². The fourth-order valence-electron chi connectivity index (χ4n) is 3.01. The highest BCUT2D eigenvalue weighted by Crippen LogP contribution is 2.14. The lowest BCUT2D eigenvalue weighted by atomic mass is 10.1. The van der Waals surface area contributed by atoms with Crippen LogP contribution in [0.4, 0.5) is 0 Å². The highest BCUT2D eigenvalue weighted by atomic mass is 16.2. The van der Waals surface area contributed by atoms with E-state index in [1.807, 2.05) is 57.2 Å². The van der Waals surface area contributed by atoms with Crippen molar-refractivity contribution in [1.29, 1.82) is 0 Å².